The van der Waals surface area contributed by atoms with Gasteiger partial charge in [-0.1, -0.05) is 36.4 Å². The maximum absolute atomic E-state index is 12.7. The molecule has 2 amide bonds. The summed E-state index contributed by atoms with van der Waals surface area (Å²) in [4.78, 5) is 29.6. The Bertz CT molecular complexity index is 1170. The third kappa shape index (κ3) is 2.14. The lowest BCUT2D eigenvalue weighted by molar-refractivity contribution is -0.122. The third-order valence-electron chi connectivity index (χ3n) is 4.74. The second-order valence-corrected chi connectivity index (χ2v) is 7.16. The summed E-state index contributed by atoms with van der Waals surface area (Å²) < 4.78 is 0. The molecule has 0 bridgehead atoms. The van der Waals surface area contributed by atoms with Gasteiger partial charge in [0.15, 0.2) is 0 Å². The number of thiophene rings is 1. The molecule has 2 aromatic heterocycles. The Morgan fingerprint density at radius 3 is 2.58 bits per heavy atom. The highest BCUT2D eigenvalue weighted by Crippen LogP contribution is 2.39. The fourth-order valence-corrected chi connectivity index (χ4v) is 4.53. The van der Waals surface area contributed by atoms with Gasteiger partial charge in [-0.3, -0.25) is 14.9 Å². The molecular formula is C21H14N2O2S. The first-order valence-electron chi connectivity index (χ1n) is 8.35. The first-order chi connectivity index (χ1) is 12.7. The van der Waals surface area contributed by atoms with E-state index in [1.807, 2.05) is 35.7 Å². The van der Waals surface area contributed by atoms with Crippen molar-refractivity contribution in [1.29, 1.82) is 0 Å². The highest BCUT2D eigenvalue weighted by molar-refractivity contribution is 7.11. The van der Waals surface area contributed by atoms with E-state index in [9.17, 15) is 9.59 Å². The van der Waals surface area contributed by atoms with E-state index >= 15 is 0 Å². The number of nitrogens with one attached hydrogen (secondary N) is 2. The topological polar surface area (TPSA) is 62.0 Å². The van der Waals surface area contributed by atoms with Crippen molar-refractivity contribution < 1.29 is 9.59 Å². The van der Waals surface area contributed by atoms with Crippen LogP contribution in [0.2, 0.25) is 0 Å². The van der Waals surface area contributed by atoms with Crippen molar-refractivity contribution in [2.24, 2.45) is 0 Å². The molecule has 2 aliphatic rings. The van der Waals surface area contributed by atoms with Gasteiger partial charge in [-0.25, -0.2) is 0 Å². The summed E-state index contributed by atoms with van der Waals surface area (Å²) in [5, 5.41) is 5.37. The number of benzene rings is 1. The first-order valence-corrected chi connectivity index (χ1v) is 9.23. The minimum Gasteiger partial charge on any atom is -0.361 e. The summed E-state index contributed by atoms with van der Waals surface area (Å²) in [6, 6.07) is 7.78. The van der Waals surface area contributed by atoms with Crippen molar-refractivity contribution in [2.45, 2.75) is 6.42 Å². The average Bonchev–Trinajstić information content (AvgIpc) is 3.25. The Balaban J connectivity index is 1.80. The summed E-state index contributed by atoms with van der Waals surface area (Å²) in [6.45, 7) is 0. The van der Waals surface area contributed by atoms with Gasteiger partial charge in [0.25, 0.3) is 11.8 Å². The molecule has 5 rings (SSSR count). The number of hydrogen-bond acceptors (Lipinski definition) is 3. The normalized spacial score (nSPS) is 16.3. The van der Waals surface area contributed by atoms with Crippen LogP contribution in [0.15, 0.2) is 48.0 Å². The molecule has 0 saturated heterocycles. The minimum atomic E-state index is -0.345. The lowest BCUT2D eigenvalue weighted by Gasteiger charge is -2.04. The summed E-state index contributed by atoms with van der Waals surface area (Å²) in [7, 11) is 0. The number of fused-ring (bicyclic) bond motifs is 2. The SMILES string of the molecule is O=C1NC(=O)C(c2c[nH]c3ccccc23)=C1c1csc2c1C=CCC=C2. The zero-order valence-electron chi connectivity index (χ0n) is 13.7. The molecule has 126 valence electrons. The average molecular weight is 358 g/mol. The van der Waals surface area contributed by atoms with Gasteiger partial charge in [0.05, 0.1) is 11.1 Å². The summed E-state index contributed by atoms with van der Waals surface area (Å²) in [5.41, 5.74) is 4.41. The Morgan fingerprint density at radius 2 is 1.69 bits per heavy atom. The van der Waals surface area contributed by atoms with Crippen LogP contribution >= 0.6 is 11.3 Å². The van der Waals surface area contributed by atoms with Gasteiger partial charge >= 0.3 is 0 Å². The number of aromatic amines is 1. The molecule has 26 heavy (non-hydrogen) atoms. The van der Waals surface area contributed by atoms with Crippen LogP contribution in [0.4, 0.5) is 0 Å². The fraction of sp³-hybridized carbons (Fsp3) is 0.0476. The second kappa shape index (κ2) is 5.68. The van der Waals surface area contributed by atoms with Crippen LogP contribution in [-0.2, 0) is 9.59 Å². The molecule has 0 radical (unpaired) electrons. The van der Waals surface area contributed by atoms with E-state index in [0.717, 1.165) is 38.9 Å². The number of aromatic nitrogens is 1. The quantitative estimate of drug-likeness (QED) is 0.674. The highest BCUT2D eigenvalue weighted by Gasteiger charge is 2.35. The Labute approximate surface area is 153 Å². The number of para-hydroxylation sites is 1. The minimum absolute atomic E-state index is 0.336. The molecule has 4 nitrogen and oxygen atoms in total. The van der Waals surface area contributed by atoms with E-state index in [1.54, 1.807) is 17.5 Å². The predicted octanol–water partition coefficient (Wildman–Crippen LogP) is 4.23. The number of hydrogen-bond donors (Lipinski definition) is 2. The first kappa shape index (κ1) is 15.1. The molecule has 0 saturated carbocycles. The Hall–Kier alpha value is -3.18. The molecule has 0 spiro atoms. The summed E-state index contributed by atoms with van der Waals surface area (Å²) >= 11 is 1.59. The van der Waals surface area contributed by atoms with Crippen LogP contribution in [0.5, 0.6) is 0 Å². The van der Waals surface area contributed by atoms with E-state index < -0.39 is 0 Å². The van der Waals surface area contributed by atoms with Gasteiger partial charge in [0.1, 0.15) is 0 Å². The summed E-state index contributed by atoms with van der Waals surface area (Å²) in [5.74, 6) is -0.680. The summed E-state index contributed by atoms with van der Waals surface area (Å²) in [6.07, 6.45) is 10.9. The lowest BCUT2D eigenvalue weighted by Crippen LogP contribution is -2.22. The predicted molar refractivity (Wildman–Crippen MR) is 105 cm³/mol. The number of allylic oxidation sites excluding steroid dienone is 2. The largest absolute Gasteiger partial charge is 0.361 e. The van der Waals surface area contributed by atoms with E-state index in [-0.39, 0.29) is 11.8 Å². The van der Waals surface area contributed by atoms with E-state index in [2.05, 4.69) is 28.5 Å². The van der Waals surface area contributed by atoms with Gasteiger partial charge in [0, 0.05) is 44.0 Å². The smallest absolute Gasteiger partial charge is 0.259 e. The number of H-pyrrole nitrogens is 1. The number of amides is 2. The van der Waals surface area contributed by atoms with Crippen LogP contribution in [0, 0.1) is 0 Å². The maximum atomic E-state index is 12.7. The van der Waals surface area contributed by atoms with Crippen molar-refractivity contribution in [1.82, 2.24) is 10.3 Å². The number of imide groups is 1. The monoisotopic (exact) mass is 358 g/mol. The van der Waals surface area contributed by atoms with E-state index in [0.29, 0.717) is 11.1 Å². The van der Waals surface area contributed by atoms with Crippen LogP contribution in [-0.4, -0.2) is 16.8 Å². The Kier molecular flexibility index (Phi) is 3.30. The number of carbonyl (C=O) groups excluding carboxylic acids is 2. The lowest BCUT2D eigenvalue weighted by atomic mass is 9.94. The van der Waals surface area contributed by atoms with Crippen molar-refractivity contribution in [3.05, 3.63) is 69.6 Å². The molecule has 3 aromatic rings. The van der Waals surface area contributed by atoms with Gasteiger partial charge in [-0.05, 0) is 18.6 Å². The Morgan fingerprint density at radius 1 is 0.923 bits per heavy atom. The maximum Gasteiger partial charge on any atom is 0.259 e. The van der Waals surface area contributed by atoms with Crippen LogP contribution in [0.3, 0.4) is 0 Å². The molecule has 0 unspecified atom stereocenters. The molecule has 0 atom stereocenters. The van der Waals surface area contributed by atoms with Gasteiger partial charge in [0.2, 0.25) is 0 Å². The van der Waals surface area contributed by atoms with Crippen molar-refractivity contribution >= 4 is 57.4 Å². The highest BCUT2D eigenvalue weighted by atomic mass is 32.1. The van der Waals surface area contributed by atoms with Gasteiger partial charge in [-0.15, -0.1) is 11.3 Å². The van der Waals surface area contributed by atoms with Crippen molar-refractivity contribution in [2.75, 3.05) is 0 Å². The molecule has 3 heterocycles. The molecule has 2 N–H and O–H groups in total. The number of carbonyl (C=O) groups is 2. The zero-order chi connectivity index (χ0) is 17.7. The molecule has 1 aromatic carbocycles. The van der Waals surface area contributed by atoms with E-state index in [1.165, 1.54) is 0 Å². The van der Waals surface area contributed by atoms with Crippen molar-refractivity contribution in [3.63, 3.8) is 0 Å². The van der Waals surface area contributed by atoms with Crippen LogP contribution in [0.1, 0.15) is 28.0 Å². The van der Waals surface area contributed by atoms with Gasteiger partial charge < -0.3 is 4.98 Å². The second-order valence-electron chi connectivity index (χ2n) is 6.25. The molecule has 0 fully saturated rings. The molecular weight excluding hydrogens is 344 g/mol. The van der Waals surface area contributed by atoms with Crippen LogP contribution in [0.25, 0.3) is 34.2 Å². The van der Waals surface area contributed by atoms with Gasteiger partial charge in [-0.2, -0.15) is 0 Å². The van der Waals surface area contributed by atoms with Crippen molar-refractivity contribution in [3.8, 4) is 0 Å². The molecule has 1 aliphatic carbocycles. The standard InChI is InChI=1S/C21H14N2O2S/c24-20-18(14-10-22-16-8-5-4-6-12(14)16)19(21(25)23-20)15-11-26-17-9-3-1-2-7-13(15)17/h2-11,22H,1H2,(H,23,24,25). The van der Waals surface area contributed by atoms with E-state index in [4.69, 9.17) is 0 Å². The molecule has 5 heteroatoms. The zero-order valence-corrected chi connectivity index (χ0v) is 14.5. The molecule has 1 aliphatic heterocycles. The number of rotatable bonds is 2. The third-order valence-corrected chi connectivity index (χ3v) is 5.71. The fourth-order valence-electron chi connectivity index (χ4n) is 3.56. The van der Waals surface area contributed by atoms with Crippen LogP contribution < -0.4 is 5.32 Å².